The monoisotopic (exact) mass is 215 g/mol. The normalized spacial score (nSPS) is 10.4. The first kappa shape index (κ1) is 10.5. The highest BCUT2D eigenvalue weighted by atomic mass is 16.1. The summed E-state index contributed by atoms with van der Waals surface area (Å²) in [6.45, 7) is 3.99. The molecule has 0 radical (unpaired) electrons. The molecule has 0 aliphatic heterocycles. The van der Waals surface area contributed by atoms with Gasteiger partial charge in [-0.1, -0.05) is 6.92 Å². The smallest absolute Gasteiger partial charge is 0.151 e. The SMILES string of the molecule is CCc1nccn1-c1ncc(C=O)cc1C. The summed E-state index contributed by atoms with van der Waals surface area (Å²) in [5.74, 6) is 1.80. The fourth-order valence-electron chi connectivity index (χ4n) is 1.69. The molecule has 2 heterocycles. The second kappa shape index (κ2) is 4.26. The zero-order valence-electron chi connectivity index (χ0n) is 9.34. The molecule has 0 fully saturated rings. The maximum absolute atomic E-state index is 10.6. The number of aldehydes is 1. The summed E-state index contributed by atoms with van der Waals surface area (Å²) in [5.41, 5.74) is 1.57. The van der Waals surface area contributed by atoms with E-state index in [1.54, 1.807) is 12.4 Å². The van der Waals surface area contributed by atoms with Gasteiger partial charge in [-0.25, -0.2) is 9.97 Å². The van der Waals surface area contributed by atoms with Gasteiger partial charge in [0, 0.05) is 30.6 Å². The molecular formula is C12H13N3O. The number of imidazole rings is 1. The highest BCUT2D eigenvalue weighted by Crippen LogP contribution is 2.14. The predicted octanol–water partition coefficient (Wildman–Crippen LogP) is 1.95. The van der Waals surface area contributed by atoms with Crippen molar-refractivity contribution in [3.8, 4) is 5.82 Å². The van der Waals surface area contributed by atoms with Gasteiger partial charge >= 0.3 is 0 Å². The summed E-state index contributed by atoms with van der Waals surface area (Å²) < 4.78 is 1.95. The Hall–Kier alpha value is -1.97. The van der Waals surface area contributed by atoms with Crippen LogP contribution in [-0.2, 0) is 6.42 Å². The maximum Gasteiger partial charge on any atom is 0.151 e. The van der Waals surface area contributed by atoms with Crippen LogP contribution in [0.3, 0.4) is 0 Å². The Bertz CT molecular complexity index is 517. The number of rotatable bonds is 3. The average Bonchev–Trinajstić information content (AvgIpc) is 2.76. The molecule has 0 aliphatic rings. The molecule has 0 saturated carbocycles. The van der Waals surface area contributed by atoms with E-state index in [1.165, 1.54) is 0 Å². The van der Waals surface area contributed by atoms with Gasteiger partial charge in [-0.2, -0.15) is 0 Å². The minimum Gasteiger partial charge on any atom is -0.298 e. The Kier molecular flexibility index (Phi) is 2.81. The highest BCUT2D eigenvalue weighted by molar-refractivity contribution is 5.74. The van der Waals surface area contributed by atoms with Crippen molar-refractivity contribution in [1.82, 2.24) is 14.5 Å². The Morgan fingerprint density at radius 1 is 1.44 bits per heavy atom. The first-order valence-corrected chi connectivity index (χ1v) is 5.20. The molecule has 0 aliphatic carbocycles. The van der Waals surface area contributed by atoms with E-state index in [4.69, 9.17) is 0 Å². The van der Waals surface area contributed by atoms with Gasteiger partial charge in [0.15, 0.2) is 6.29 Å². The Morgan fingerprint density at radius 3 is 2.88 bits per heavy atom. The van der Waals surface area contributed by atoms with Crippen molar-refractivity contribution >= 4 is 6.29 Å². The maximum atomic E-state index is 10.6. The standard InChI is InChI=1S/C12H13N3O/c1-3-11-13-4-5-15(11)12-9(2)6-10(8-16)7-14-12/h4-8H,3H2,1-2H3. The Balaban J connectivity index is 2.52. The molecule has 0 spiro atoms. The van der Waals surface area contributed by atoms with Crippen molar-refractivity contribution in [3.63, 3.8) is 0 Å². The van der Waals surface area contributed by atoms with E-state index in [0.717, 1.165) is 29.9 Å². The van der Waals surface area contributed by atoms with Gasteiger partial charge in [0.25, 0.3) is 0 Å². The van der Waals surface area contributed by atoms with Gasteiger partial charge in [-0.05, 0) is 18.6 Å². The lowest BCUT2D eigenvalue weighted by Gasteiger charge is -2.08. The van der Waals surface area contributed by atoms with E-state index in [-0.39, 0.29) is 0 Å². The molecule has 2 aromatic heterocycles. The number of aryl methyl sites for hydroxylation is 2. The molecule has 2 aromatic rings. The van der Waals surface area contributed by atoms with Crippen LogP contribution in [0, 0.1) is 6.92 Å². The minimum atomic E-state index is 0.597. The van der Waals surface area contributed by atoms with Crippen LogP contribution in [0.2, 0.25) is 0 Å². The lowest BCUT2D eigenvalue weighted by atomic mass is 10.2. The first-order chi connectivity index (χ1) is 7.76. The third-order valence-corrected chi connectivity index (χ3v) is 2.47. The van der Waals surface area contributed by atoms with Gasteiger partial charge in [-0.3, -0.25) is 9.36 Å². The van der Waals surface area contributed by atoms with Crippen LogP contribution in [0.15, 0.2) is 24.7 Å². The van der Waals surface area contributed by atoms with Crippen molar-refractivity contribution in [1.29, 1.82) is 0 Å². The number of carbonyl (C=O) groups excluding carboxylic acids is 1. The van der Waals surface area contributed by atoms with E-state index in [1.807, 2.05) is 30.7 Å². The summed E-state index contributed by atoms with van der Waals surface area (Å²) in [4.78, 5) is 19.2. The van der Waals surface area contributed by atoms with Gasteiger partial charge in [-0.15, -0.1) is 0 Å². The second-order valence-electron chi connectivity index (χ2n) is 3.59. The topological polar surface area (TPSA) is 47.8 Å². The number of nitrogens with zero attached hydrogens (tertiary/aromatic N) is 3. The Labute approximate surface area is 94.0 Å². The van der Waals surface area contributed by atoms with Gasteiger partial charge in [0.05, 0.1) is 0 Å². The largest absolute Gasteiger partial charge is 0.298 e. The van der Waals surface area contributed by atoms with Crippen LogP contribution < -0.4 is 0 Å². The summed E-state index contributed by atoms with van der Waals surface area (Å²) in [7, 11) is 0. The summed E-state index contributed by atoms with van der Waals surface area (Å²) in [6.07, 6.45) is 6.87. The summed E-state index contributed by atoms with van der Waals surface area (Å²) in [6, 6.07) is 1.83. The van der Waals surface area contributed by atoms with E-state index < -0.39 is 0 Å². The third kappa shape index (κ3) is 1.74. The lowest BCUT2D eigenvalue weighted by molar-refractivity contribution is 0.112. The van der Waals surface area contributed by atoms with Crippen LogP contribution >= 0.6 is 0 Å². The van der Waals surface area contributed by atoms with E-state index in [2.05, 4.69) is 9.97 Å². The molecule has 4 heteroatoms. The van der Waals surface area contributed by atoms with E-state index in [0.29, 0.717) is 5.56 Å². The first-order valence-electron chi connectivity index (χ1n) is 5.20. The lowest BCUT2D eigenvalue weighted by Crippen LogP contribution is -2.04. The second-order valence-corrected chi connectivity index (χ2v) is 3.59. The molecular weight excluding hydrogens is 202 g/mol. The molecule has 4 nitrogen and oxygen atoms in total. The number of hydrogen-bond acceptors (Lipinski definition) is 3. The fraction of sp³-hybridized carbons (Fsp3) is 0.250. The minimum absolute atomic E-state index is 0.597. The van der Waals surface area contributed by atoms with Crippen LogP contribution in [-0.4, -0.2) is 20.8 Å². The van der Waals surface area contributed by atoms with Gasteiger partial charge in [0.1, 0.15) is 11.6 Å². The number of aromatic nitrogens is 3. The zero-order valence-corrected chi connectivity index (χ0v) is 9.34. The average molecular weight is 215 g/mol. The van der Waals surface area contributed by atoms with Crippen molar-refractivity contribution < 1.29 is 4.79 Å². The summed E-state index contributed by atoms with van der Waals surface area (Å²) in [5, 5.41) is 0. The molecule has 0 bridgehead atoms. The molecule has 0 saturated heterocycles. The zero-order chi connectivity index (χ0) is 11.5. The molecule has 0 aromatic carbocycles. The van der Waals surface area contributed by atoms with Crippen LogP contribution in [0.4, 0.5) is 0 Å². The molecule has 16 heavy (non-hydrogen) atoms. The molecule has 0 N–H and O–H groups in total. The highest BCUT2D eigenvalue weighted by Gasteiger charge is 2.07. The van der Waals surface area contributed by atoms with Crippen molar-refractivity contribution in [3.05, 3.63) is 41.6 Å². The quantitative estimate of drug-likeness (QED) is 0.735. The van der Waals surface area contributed by atoms with Crippen molar-refractivity contribution in [2.75, 3.05) is 0 Å². The number of hydrogen-bond donors (Lipinski definition) is 0. The fourth-order valence-corrected chi connectivity index (χ4v) is 1.69. The van der Waals surface area contributed by atoms with Gasteiger partial charge in [0.2, 0.25) is 0 Å². The molecule has 0 atom stereocenters. The third-order valence-electron chi connectivity index (χ3n) is 2.47. The molecule has 0 unspecified atom stereocenters. The van der Waals surface area contributed by atoms with E-state index >= 15 is 0 Å². The van der Waals surface area contributed by atoms with Crippen molar-refractivity contribution in [2.45, 2.75) is 20.3 Å². The number of pyridine rings is 1. The molecule has 2 rings (SSSR count). The number of carbonyl (C=O) groups is 1. The predicted molar refractivity (Wildman–Crippen MR) is 60.9 cm³/mol. The van der Waals surface area contributed by atoms with Crippen LogP contribution in [0.1, 0.15) is 28.7 Å². The molecule has 82 valence electrons. The van der Waals surface area contributed by atoms with Crippen LogP contribution in [0.5, 0.6) is 0 Å². The summed E-state index contributed by atoms with van der Waals surface area (Å²) >= 11 is 0. The van der Waals surface area contributed by atoms with E-state index in [9.17, 15) is 4.79 Å². The van der Waals surface area contributed by atoms with Gasteiger partial charge < -0.3 is 0 Å². The Morgan fingerprint density at radius 2 is 2.25 bits per heavy atom. The van der Waals surface area contributed by atoms with Crippen LogP contribution in [0.25, 0.3) is 5.82 Å². The molecule has 0 amide bonds. The van der Waals surface area contributed by atoms with Crippen molar-refractivity contribution in [2.24, 2.45) is 0 Å².